The van der Waals surface area contributed by atoms with Crippen LogP contribution in [0.1, 0.15) is 29.8 Å². The van der Waals surface area contributed by atoms with Gasteiger partial charge < -0.3 is 21.9 Å². The molecule has 6 nitrogen and oxygen atoms in total. The summed E-state index contributed by atoms with van der Waals surface area (Å²) in [5.74, 6) is -0.647. The molecule has 0 unspecified atom stereocenters. The van der Waals surface area contributed by atoms with Crippen LogP contribution in [0.25, 0.3) is 10.4 Å². The number of nitrogens with two attached hydrogens (primary N) is 2. The van der Waals surface area contributed by atoms with Gasteiger partial charge in [-0.1, -0.05) is 12.1 Å². The number of benzene rings is 1. The number of nitrogens with zero attached hydrogens (tertiary/aromatic N) is 1. The van der Waals surface area contributed by atoms with Crippen LogP contribution < -0.4 is 16.8 Å². The Balaban J connectivity index is 2.00. The van der Waals surface area contributed by atoms with Crippen molar-refractivity contribution < 1.29 is 14.3 Å². The van der Waals surface area contributed by atoms with Gasteiger partial charge in [0.15, 0.2) is 0 Å². The van der Waals surface area contributed by atoms with Gasteiger partial charge in [-0.15, -0.1) is 11.3 Å². The van der Waals surface area contributed by atoms with E-state index in [0.29, 0.717) is 32.5 Å². The summed E-state index contributed by atoms with van der Waals surface area (Å²) in [6, 6.07) is 9.38. The van der Waals surface area contributed by atoms with E-state index in [-0.39, 0.29) is 5.56 Å². The number of hydrogen-bond donors (Lipinski definition) is 4. The molecule has 0 aliphatic carbocycles. The Morgan fingerprint density at radius 2 is 2.00 bits per heavy atom. The lowest BCUT2D eigenvalue weighted by Crippen LogP contribution is -2.15. The van der Waals surface area contributed by atoms with Crippen LogP contribution in [0.5, 0.6) is 0 Å². The summed E-state index contributed by atoms with van der Waals surface area (Å²) in [6.45, 7) is 3.17. The molecule has 2 aromatic heterocycles. The van der Waals surface area contributed by atoms with E-state index < -0.39 is 17.3 Å². The first kappa shape index (κ1) is 18.8. The van der Waals surface area contributed by atoms with E-state index in [1.807, 2.05) is 0 Å². The van der Waals surface area contributed by atoms with E-state index in [4.69, 9.17) is 11.5 Å². The number of carbonyl (C=O) groups is 1. The monoisotopic (exact) mass is 386 g/mol. The van der Waals surface area contributed by atoms with Crippen LogP contribution in [0.3, 0.4) is 0 Å². The van der Waals surface area contributed by atoms with Crippen LogP contribution in [0, 0.1) is 5.82 Å². The van der Waals surface area contributed by atoms with Gasteiger partial charge in [0.1, 0.15) is 16.6 Å². The van der Waals surface area contributed by atoms with Gasteiger partial charge in [-0.05, 0) is 43.7 Å². The zero-order valence-corrected chi connectivity index (χ0v) is 15.6. The maximum Gasteiger partial charge on any atom is 0.251 e. The molecule has 0 saturated carbocycles. The smallest absolute Gasteiger partial charge is 0.251 e. The first-order valence-electron chi connectivity index (χ1n) is 8.10. The third-order valence-corrected chi connectivity index (χ3v) is 5.05. The molecule has 0 fully saturated rings. The lowest BCUT2D eigenvalue weighted by Gasteiger charge is -2.18. The average Bonchev–Trinajstić information content (AvgIpc) is 3.00. The van der Waals surface area contributed by atoms with Crippen LogP contribution in [0.4, 0.5) is 20.9 Å². The van der Waals surface area contributed by atoms with Gasteiger partial charge in [0.25, 0.3) is 5.91 Å². The maximum absolute atomic E-state index is 14.6. The van der Waals surface area contributed by atoms with E-state index in [1.54, 1.807) is 38.1 Å². The Bertz CT molecular complexity index is 994. The molecule has 0 aliphatic rings. The molecule has 0 saturated heterocycles. The van der Waals surface area contributed by atoms with Crippen LogP contribution in [-0.4, -0.2) is 16.0 Å². The Hall–Kier alpha value is -2.97. The highest BCUT2D eigenvalue weighted by Gasteiger charge is 2.21. The molecule has 140 valence electrons. The lowest BCUT2D eigenvalue weighted by atomic mass is 9.96. The van der Waals surface area contributed by atoms with E-state index in [1.165, 1.54) is 29.7 Å². The summed E-state index contributed by atoms with van der Waals surface area (Å²) >= 11 is 1.18. The van der Waals surface area contributed by atoms with Crippen molar-refractivity contribution in [1.82, 2.24) is 4.98 Å². The second kappa shape index (κ2) is 6.98. The first-order valence-corrected chi connectivity index (χ1v) is 8.92. The Labute approximate surface area is 159 Å². The number of nitrogen functional groups attached to an aromatic ring is 1. The van der Waals surface area contributed by atoms with Crippen molar-refractivity contribution in [3.8, 4) is 10.4 Å². The fraction of sp³-hybridized carbons (Fsp3) is 0.158. The molecule has 2 heterocycles. The van der Waals surface area contributed by atoms with Crippen molar-refractivity contribution >= 4 is 33.8 Å². The molecular weight excluding hydrogens is 367 g/mol. The van der Waals surface area contributed by atoms with Crippen LogP contribution in [-0.2, 0) is 5.60 Å². The summed E-state index contributed by atoms with van der Waals surface area (Å²) in [5, 5.41) is 13.5. The Morgan fingerprint density at radius 1 is 1.26 bits per heavy atom. The predicted molar refractivity (Wildman–Crippen MR) is 105 cm³/mol. The number of rotatable bonds is 5. The molecule has 0 spiro atoms. The lowest BCUT2D eigenvalue weighted by molar-refractivity contribution is 0.0782. The number of amides is 1. The molecule has 0 bridgehead atoms. The number of carbonyl (C=O) groups excluding carboxylic acids is 1. The zero-order chi connectivity index (χ0) is 19.8. The number of aliphatic hydroxyl groups is 1. The number of hydrogen-bond acceptors (Lipinski definition) is 6. The van der Waals surface area contributed by atoms with Gasteiger partial charge in [0.05, 0.1) is 23.0 Å². The fourth-order valence-electron chi connectivity index (χ4n) is 2.49. The van der Waals surface area contributed by atoms with Crippen molar-refractivity contribution in [3.63, 3.8) is 0 Å². The van der Waals surface area contributed by atoms with Crippen molar-refractivity contribution in [2.45, 2.75) is 19.4 Å². The summed E-state index contributed by atoms with van der Waals surface area (Å²) in [5.41, 5.74) is 11.4. The quantitative estimate of drug-likeness (QED) is 0.535. The minimum absolute atomic E-state index is 0.236. The summed E-state index contributed by atoms with van der Waals surface area (Å²) in [4.78, 5) is 16.5. The number of primary amides is 1. The van der Waals surface area contributed by atoms with Crippen molar-refractivity contribution in [1.29, 1.82) is 0 Å². The minimum atomic E-state index is -1.15. The first-order chi connectivity index (χ1) is 12.6. The zero-order valence-electron chi connectivity index (χ0n) is 14.8. The standard InChI is InChI=1S/C19H19FN4O2S/c1-19(2,26)10-3-5-12(14(20)7-10)15-8-13(17(22)25)18(27-15)24-16-6-4-11(21)9-23-16/h3-9,26H,21H2,1-2H3,(H2,22,25)(H,23,24). The Morgan fingerprint density at radius 3 is 2.56 bits per heavy atom. The number of halogens is 1. The van der Waals surface area contributed by atoms with Gasteiger partial charge in [-0.2, -0.15) is 0 Å². The van der Waals surface area contributed by atoms with Gasteiger partial charge in [-0.25, -0.2) is 9.37 Å². The normalized spacial score (nSPS) is 11.4. The predicted octanol–water partition coefficient (Wildman–Crippen LogP) is 3.60. The highest BCUT2D eigenvalue weighted by Crippen LogP contribution is 2.38. The third kappa shape index (κ3) is 4.07. The molecule has 8 heteroatoms. The van der Waals surface area contributed by atoms with Gasteiger partial charge in [0, 0.05) is 10.4 Å². The van der Waals surface area contributed by atoms with E-state index in [0.717, 1.165) is 0 Å². The molecule has 0 atom stereocenters. The third-order valence-electron chi connectivity index (χ3n) is 3.97. The highest BCUT2D eigenvalue weighted by molar-refractivity contribution is 7.19. The van der Waals surface area contributed by atoms with E-state index in [2.05, 4.69) is 10.3 Å². The maximum atomic E-state index is 14.6. The van der Waals surface area contributed by atoms with Crippen LogP contribution in [0.2, 0.25) is 0 Å². The molecule has 1 aromatic carbocycles. The second-order valence-corrected chi connectivity index (χ2v) is 7.63. The van der Waals surface area contributed by atoms with Crippen molar-refractivity contribution in [2.75, 3.05) is 11.1 Å². The Kier molecular flexibility index (Phi) is 4.86. The second-order valence-electron chi connectivity index (χ2n) is 6.57. The molecule has 0 aliphatic heterocycles. The molecule has 3 rings (SSSR count). The molecule has 3 aromatic rings. The van der Waals surface area contributed by atoms with Crippen LogP contribution in [0.15, 0.2) is 42.6 Å². The average molecular weight is 386 g/mol. The van der Waals surface area contributed by atoms with E-state index >= 15 is 0 Å². The van der Waals surface area contributed by atoms with Crippen LogP contribution >= 0.6 is 11.3 Å². The SMILES string of the molecule is CC(C)(O)c1ccc(-c2cc(C(N)=O)c(Nc3ccc(N)cn3)s2)c(F)c1. The van der Waals surface area contributed by atoms with Gasteiger partial charge >= 0.3 is 0 Å². The van der Waals surface area contributed by atoms with Crippen molar-refractivity contribution in [3.05, 3.63) is 59.5 Å². The number of anilines is 3. The van der Waals surface area contributed by atoms with E-state index in [9.17, 15) is 14.3 Å². The van der Waals surface area contributed by atoms with Gasteiger partial charge in [-0.3, -0.25) is 4.79 Å². The number of nitrogens with one attached hydrogen (secondary N) is 1. The molecular formula is C19H19FN4O2S. The van der Waals surface area contributed by atoms with Gasteiger partial charge in [0.2, 0.25) is 0 Å². The molecule has 0 radical (unpaired) electrons. The number of aromatic nitrogens is 1. The minimum Gasteiger partial charge on any atom is -0.397 e. The molecule has 6 N–H and O–H groups in total. The number of thiophene rings is 1. The largest absolute Gasteiger partial charge is 0.397 e. The fourth-order valence-corrected chi connectivity index (χ4v) is 3.59. The molecule has 1 amide bonds. The highest BCUT2D eigenvalue weighted by atomic mass is 32.1. The number of pyridine rings is 1. The summed E-state index contributed by atoms with van der Waals surface area (Å²) in [6.07, 6.45) is 1.48. The summed E-state index contributed by atoms with van der Waals surface area (Å²) in [7, 11) is 0. The topological polar surface area (TPSA) is 114 Å². The molecule has 27 heavy (non-hydrogen) atoms. The summed E-state index contributed by atoms with van der Waals surface area (Å²) < 4.78 is 14.6. The van der Waals surface area contributed by atoms with Crippen molar-refractivity contribution in [2.24, 2.45) is 5.73 Å².